The monoisotopic (exact) mass is 127 g/mol. The average Bonchev–Trinajstić information content (AvgIpc) is 1.80. The molecule has 0 aliphatic carbocycles. The number of rotatable bonds is 0. The Balaban J connectivity index is 3.17. The number of hydrogen-bond acceptors (Lipinski definition) is 3. The van der Waals surface area contributed by atoms with Gasteiger partial charge in [-0.2, -0.15) is 9.37 Å². The number of aryl methyl sites for hydroxylation is 1. The molecule has 48 valence electrons. The van der Waals surface area contributed by atoms with Crippen LogP contribution in [0.25, 0.3) is 0 Å². The van der Waals surface area contributed by atoms with E-state index in [2.05, 4.69) is 9.97 Å². The summed E-state index contributed by atoms with van der Waals surface area (Å²) in [7, 11) is 0. The molecule has 1 aromatic rings. The molecular formula is C5H6FN3. The van der Waals surface area contributed by atoms with Crippen molar-refractivity contribution >= 4 is 5.95 Å². The highest BCUT2D eigenvalue weighted by Gasteiger charge is 1.96. The topological polar surface area (TPSA) is 51.8 Å². The molecule has 9 heavy (non-hydrogen) atoms. The summed E-state index contributed by atoms with van der Waals surface area (Å²) in [5.74, 6) is -0.583. The lowest BCUT2D eigenvalue weighted by molar-refractivity contribution is 0.572. The van der Waals surface area contributed by atoms with Crippen molar-refractivity contribution in [3.05, 3.63) is 17.7 Å². The van der Waals surface area contributed by atoms with Crippen molar-refractivity contribution in [2.75, 3.05) is 5.73 Å². The Hall–Kier alpha value is -1.19. The smallest absolute Gasteiger partial charge is 0.222 e. The lowest BCUT2D eigenvalue weighted by Gasteiger charge is -1.92. The third kappa shape index (κ3) is 1.13. The quantitative estimate of drug-likeness (QED) is 0.516. The van der Waals surface area contributed by atoms with Crippen LogP contribution in [0.5, 0.6) is 0 Å². The molecule has 0 aliphatic heterocycles. The molecule has 1 aromatic heterocycles. The first-order chi connectivity index (χ1) is 4.20. The van der Waals surface area contributed by atoms with Gasteiger partial charge in [-0.05, 0) is 6.92 Å². The zero-order chi connectivity index (χ0) is 6.85. The number of nitrogen functional groups attached to an aromatic ring is 1. The van der Waals surface area contributed by atoms with Gasteiger partial charge in [-0.25, -0.2) is 4.98 Å². The Morgan fingerprint density at radius 1 is 1.67 bits per heavy atom. The molecule has 0 saturated heterocycles. The number of anilines is 1. The molecule has 0 spiro atoms. The van der Waals surface area contributed by atoms with Gasteiger partial charge >= 0.3 is 0 Å². The normalized spacial score (nSPS) is 9.56. The zero-order valence-electron chi connectivity index (χ0n) is 4.93. The predicted octanol–water partition coefficient (Wildman–Crippen LogP) is 0.506. The van der Waals surface area contributed by atoms with Crippen LogP contribution in [0.15, 0.2) is 6.20 Å². The maximum absolute atomic E-state index is 12.3. The van der Waals surface area contributed by atoms with E-state index in [1.807, 2.05) is 0 Å². The molecule has 2 N–H and O–H groups in total. The minimum atomic E-state index is -0.553. The Morgan fingerprint density at radius 2 is 2.33 bits per heavy atom. The van der Waals surface area contributed by atoms with E-state index < -0.39 is 5.95 Å². The Kier molecular flexibility index (Phi) is 1.30. The third-order valence-electron chi connectivity index (χ3n) is 0.929. The number of nitrogens with two attached hydrogens (primary N) is 1. The number of halogens is 1. The van der Waals surface area contributed by atoms with E-state index in [1.165, 1.54) is 6.20 Å². The minimum absolute atomic E-state index is 0.0295. The second-order valence-corrected chi connectivity index (χ2v) is 1.70. The van der Waals surface area contributed by atoms with E-state index in [4.69, 9.17) is 5.73 Å². The van der Waals surface area contributed by atoms with E-state index in [9.17, 15) is 4.39 Å². The average molecular weight is 127 g/mol. The van der Waals surface area contributed by atoms with Crippen LogP contribution < -0.4 is 5.73 Å². The van der Waals surface area contributed by atoms with Gasteiger partial charge in [0.2, 0.25) is 11.9 Å². The maximum atomic E-state index is 12.3. The highest BCUT2D eigenvalue weighted by atomic mass is 19.1. The van der Waals surface area contributed by atoms with Gasteiger partial charge in [-0.15, -0.1) is 0 Å². The zero-order valence-corrected chi connectivity index (χ0v) is 4.93. The van der Waals surface area contributed by atoms with Gasteiger partial charge in [0, 0.05) is 11.8 Å². The maximum Gasteiger partial charge on any atom is 0.222 e. The van der Waals surface area contributed by atoms with Crippen LogP contribution in [0.1, 0.15) is 5.56 Å². The molecule has 4 heteroatoms. The predicted molar refractivity (Wildman–Crippen MR) is 31.1 cm³/mol. The summed E-state index contributed by atoms with van der Waals surface area (Å²) in [4.78, 5) is 6.84. The summed E-state index contributed by atoms with van der Waals surface area (Å²) >= 11 is 0. The number of nitrogens with zero attached hydrogens (tertiary/aromatic N) is 2. The van der Waals surface area contributed by atoms with Crippen LogP contribution in [0.4, 0.5) is 10.3 Å². The number of aromatic nitrogens is 2. The Labute approximate surface area is 51.7 Å². The first-order valence-electron chi connectivity index (χ1n) is 2.45. The molecule has 0 fully saturated rings. The SMILES string of the molecule is Cc1cnc(N)nc1F. The highest BCUT2D eigenvalue weighted by molar-refractivity contribution is 5.17. The summed E-state index contributed by atoms with van der Waals surface area (Å²) in [6.45, 7) is 1.58. The molecule has 0 saturated carbocycles. The first kappa shape index (κ1) is 5.94. The summed E-state index contributed by atoms with van der Waals surface area (Å²) in [6, 6.07) is 0. The van der Waals surface area contributed by atoms with Crippen molar-refractivity contribution in [2.45, 2.75) is 6.92 Å². The van der Waals surface area contributed by atoms with Gasteiger partial charge in [0.1, 0.15) is 0 Å². The van der Waals surface area contributed by atoms with Crippen molar-refractivity contribution in [3.8, 4) is 0 Å². The summed E-state index contributed by atoms with van der Waals surface area (Å²) in [5, 5.41) is 0. The van der Waals surface area contributed by atoms with Crippen molar-refractivity contribution in [2.24, 2.45) is 0 Å². The molecule has 0 unspecified atom stereocenters. The summed E-state index contributed by atoms with van der Waals surface area (Å²) in [6.07, 6.45) is 1.34. The van der Waals surface area contributed by atoms with Gasteiger partial charge in [-0.3, -0.25) is 0 Å². The van der Waals surface area contributed by atoms with Crippen LogP contribution >= 0.6 is 0 Å². The van der Waals surface area contributed by atoms with Crippen molar-refractivity contribution in [3.63, 3.8) is 0 Å². The molecule has 0 aliphatic rings. The van der Waals surface area contributed by atoms with Crippen molar-refractivity contribution in [1.29, 1.82) is 0 Å². The van der Waals surface area contributed by atoms with Gasteiger partial charge in [0.05, 0.1) is 0 Å². The minimum Gasteiger partial charge on any atom is -0.368 e. The van der Waals surface area contributed by atoms with Crippen LogP contribution in [-0.4, -0.2) is 9.97 Å². The third-order valence-corrected chi connectivity index (χ3v) is 0.929. The largest absolute Gasteiger partial charge is 0.368 e. The molecule has 0 amide bonds. The van der Waals surface area contributed by atoms with E-state index in [1.54, 1.807) is 6.92 Å². The lowest BCUT2D eigenvalue weighted by Crippen LogP contribution is -1.97. The Morgan fingerprint density at radius 3 is 2.78 bits per heavy atom. The van der Waals surface area contributed by atoms with Crippen LogP contribution in [0.3, 0.4) is 0 Å². The fourth-order valence-electron chi connectivity index (χ4n) is 0.434. The second kappa shape index (κ2) is 1.97. The Bertz CT molecular complexity index is 223. The molecule has 0 bridgehead atoms. The van der Waals surface area contributed by atoms with Crippen LogP contribution in [0.2, 0.25) is 0 Å². The van der Waals surface area contributed by atoms with Crippen molar-refractivity contribution in [1.82, 2.24) is 9.97 Å². The van der Waals surface area contributed by atoms with E-state index in [-0.39, 0.29) is 5.95 Å². The summed E-state index contributed by atoms with van der Waals surface area (Å²) < 4.78 is 12.3. The van der Waals surface area contributed by atoms with Gasteiger partial charge in [-0.1, -0.05) is 0 Å². The molecule has 1 rings (SSSR count). The lowest BCUT2D eigenvalue weighted by atomic mass is 10.4. The molecular weight excluding hydrogens is 121 g/mol. The molecule has 0 atom stereocenters. The molecule has 1 heterocycles. The summed E-state index contributed by atoms with van der Waals surface area (Å²) in [5.41, 5.74) is 5.47. The van der Waals surface area contributed by atoms with Gasteiger partial charge < -0.3 is 5.73 Å². The molecule has 0 radical (unpaired) electrons. The van der Waals surface area contributed by atoms with Gasteiger partial charge in [0.25, 0.3) is 0 Å². The van der Waals surface area contributed by atoms with Crippen LogP contribution in [0, 0.1) is 12.9 Å². The standard InChI is InChI=1S/C5H6FN3/c1-3-2-8-5(7)9-4(3)6/h2H,1H3,(H2,7,8,9). The van der Waals surface area contributed by atoms with Crippen molar-refractivity contribution < 1.29 is 4.39 Å². The van der Waals surface area contributed by atoms with E-state index in [0.29, 0.717) is 5.56 Å². The van der Waals surface area contributed by atoms with Gasteiger partial charge in [0.15, 0.2) is 0 Å². The molecule has 3 nitrogen and oxygen atoms in total. The fourth-order valence-corrected chi connectivity index (χ4v) is 0.434. The second-order valence-electron chi connectivity index (χ2n) is 1.70. The highest BCUT2D eigenvalue weighted by Crippen LogP contribution is 2.00. The number of hydrogen-bond donors (Lipinski definition) is 1. The van der Waals surface area contributed by atoms with Crippen LogP contribution in [-0.2, 0) is 0 Å². The molecule has 0 aromatic carbocycles. The fraction of sp³-hybridized carbons (Fsp3) is 0.200. The van der Waals surface area contributed by atoms with E-state index >= 15 is 0 Å². The van der Waals surface area contributed by atoms with E-state index in [0.717, 1.165) is 0 Å². The first-order valence-corrected chi connectivity index (χ1v) is 2.45.